The van der Waals surface area contributed by atoms with Crippen molar-refractivity contribution in [2.45, 2.75) is 19.1 Å². The summed E-state index contributed by atoms with van der Waals surface area (Å²) in [7, 11) is 1.54. The highest BCUT2D eigenvalue weighted by molar-refractivity contribution is 5.29. The molecule has 1 aliphatic rings. The number of hydrogen-bond donors (Lipinski definition) is 1. The van der Waals surface area contributed by atoms with Gasteiger partial charge in [-0.15, -0.1) is 0 Å². The summed E-state index contributed by atoms with van der Waals surface area (Å²) in [5, 5.41) is 2.56. The van der Waals surface area contributed by atoms with Crippen molar-refractivity contribution in [3.8, 4) is 0 Å². The van der Waals surface area contributed by atoms with Crippen molar-refractivity contribution < 1.29 is 8.78 Å². The van der Waals surface area contributed by atoms with E-state index >= 15 is 0 Å². The summed E-state index contributed by atoms with van der Waals surface area (Å²) in [4.78, 5) is 0. The average molecular weight is 159 g/mol. The Morgan fingerprint density at radius 1 is 1.55 bits per heavy atom. The number of hydrogen-bond acceptors (Lipinski definition) is 1. The molecule has 0 spiro atoms. The summed E-state index contributed by atoms with van der Waals surface area (Å²) in [6.45, 7) is 1.68. The van der Waals surface area contributed by atoms with Gasteiger partial charge in [-0.3, -0.25) is 0 Å². The normalized spacial score (nSPS) is 31.3. The van der Waals surface area contributed by atoms with E-state index in [2.05, 4.69) is 5.32 Å². The van der Waals surface area contributed by atoms with Crippen LogP contribution in [0.2, 0.25) is 0 Å². The van der Waals surface area contributed by atoms with E-state index in [1.165, 1.54) is 12.2 Å². The fourth-order valence-electron chi connectivity index (χ4n) is 1.15. The lowest BCUT2D eigenvalue weighted by molar-refractivity contribution is 0.302. The minimum absolute atomic E-state index is 0.431. The molecule has 0 radical (unpaired) electrons. The maximum atomic E-state index is 12.9. The van der Waals surface area contributed by atoms with Crippen LogP contribution in [0.25, 0.3) is 0 Å². The molecule has 0 aromatic carbocycles. The van der Waals surface area contributed by atoms with Gasteiger partial charge >= 0.3 is 0 Å². The highest BCUT2D eigenvalue weighted by Gasteiger charge is 2.24. The molecule has 0 fully saturated rings. The SMILES string of the molecule is CNC1C(F)=CC(C)=CC1F. The lowest BCUT2D eigenvalue weighted by Gasteiger charge is -2.20. The molecular formula is C8H11F2N. The number of nitrogens with one attached hydrogen (secondary N) is 1. The molecule has 0 heterocycles. The molecule has 62 valence electrons. The van der Waals surface area contributed by atoms with Crippen LogP contribution in [0, 0.1) is 0 Å². The fraction of sp³-hybridized carbons (Fsp3) is 0.500. The minimum Gasteiger partial charge on any atom is -0.308 e. The van der Waals surface area contributed by atoms with E-state index in [1.807, 2.05) is 0 Å². The fourth-order valence-corrected chi connectivity index (χ4v) is 1.15. The van der Waals surface area contributed by atoms with Gasteiger partial charge in [0.2, 0.25) is 0 Å². The molecule has 0 saturated carbocycles. The molecular weight excluding hydrogens is 148 g/mol. The van der Waals surface area contributed by atoms with E-state index in [0.29, 0.717) is 5.57 Å². The molecule has 1 N–H and O–H groups in total. The summed E-state index contributed by atoms with van der Waals surface area (Å²) < 4.78 is 25.8. The predicted octanol–water partition coefficient (Wildman–Crippen LogP) is 1.73. The lowest BCUT2D eigenvalue weighted by atomic mass is 10.0. The first kappa shape index (κ1) is 8.40. The van der Waals surface area contributed by atoms with Gasteiger partial charge in [-0.25, -0.2) is 8.78 Å². The average Bonchev–Trinajstić information content (AvgIpc) is 1.85. The summed E-state index contributed by atoms with van der Waals surface area (Å²) in [5.41, 5.74) is 0.640. The van der Waals surface area contributed by atoms with Crippen molar-refractivity contribution in [3.63, 3.8) is 0 Å². The number of allylic oxidation sites excluding steroid dienone is 2. The van der Waals surface area contributed by atoms with E-state index < -0.39 is 18.0 Å². The maximum absolute atomic E-state index is 12.9. The minimum atomic E-state index is -1.25. The van der Waals surface area contributed by atoms with Gasteiger partial charge in [0.05, 0.1) is 6.04 Å². The van der Waals surface area contributed by atoms with Gasteiger partial charge < -0.3 is 5.32 Å². The van der Waals surface area contributed by atoms with Gasteiger partial charge in [0.15, 0.2) is 0 Å². The van der Waals surface area contributed by atoms with Crippen molar-refractivity contribution in [1.82, 2.24) is 5.32 Å². The summed E-state index contributed by atoms with van der Waals surface area (Å²) in [6, 6.07) is -0.793. The molecule has 2 atom stereocenters. The van der Waals surface area contributed by atoms with Crippen molar-refractivity contribution in [2.75, 3.05) is 7.05 Å². The first-order valence-corrected chi connectivity index (χ1v) is 3.52. The Bertz CT molecular complexity index is 208. The van der Waals surface area contributed by atoms with Crippen LogP contribution < -0.4 is 5.32 Å². The molecule has 0 aromatic rings. The van der Waals surface area contributed by atoms with E-state index in [0.717, 1.165) is 0 Å². The Morgan fingerprint density at radius 3 is 2.64 bits per heavy atom. The predicted molar refractivity (Wildman–Crippen MR) is 40.7 cm³/mol. The van der Waals surface area contributed by atoms with Crippen LogP contribution in [0.1, 0.15) is 6.92 Å². The highest BCUT2D eigenvalue weighted by atomic mass is 19.1. The molecule has 0 aromatic heterocycles. The molecule has 0 amide bonds. The van der Waals surface area contributed by atoms with Gasteiger partial charge in [-0.05, 0) is 31.7 Å². The van der Waals surface area contributed by atoms with Crippen molar-refractivity contribution in [3.05, 3.63) is 23.6 Å². The zero-order valence-corrected chi connectivity index (χ0v) is 6.57. The molecule has 0 aliphatic heterocycles. The largest absolute Gasteiger partial charge is 0.308 e. The lowest BCUT2D eigenvalue weighted by Crippen LogP contribution is -2.36. The third-order valence-electron chi connectivity index (χ3n) is 1.71. The van der Waals surface area contributed by atoms with E-state index in [1.54, 1.807) is 14.0 Å². The Kier molecular flexibility index (Phi) is 2.39. The topological polar surface area (TPSA) is 12.0 Å². The molecule has 1 rings (SSSR count). The van der Waals surface area contributed by atoms with Crippen molar-refractivity contribution in [2.24, 2.45) is 0 Å². The van der Waals surface area contributed by atoms with Crippen LogP contribution >= 0.6 is 0 Å². The first-order chi connectivity index (χ1) is 5.15. The van der Waals surface area contributed by atoms with Gasteiger partial charge in [-0.2, -0.15) is 0 Å². The Labute approximate surface area is 64.8 Å². The van der Waals surface area contributed by atoms with Gasteiger partial charge in [0.1, 0.15) is 12.0 Å². The van der Waals surface area contributed by atoms with E-state index in [4.69, 9.17) is 0 Å². The standard InChI is InChI=1S/C8H11F2N/c1-5-3-6(9)8(11-2)7(10)4-5/h3-4,6,8,11H,1-2H3. The summed E-state index contributed by atoms with van der Waals surface area (Å²) >= 11 is 0. The van der Waals surface area contributed by atoms with Crippen LogP contribution in [0.15, 0.2) is 23.6 Å². The Morgan fingerprint density at radius 2 is 2.18 bits per heavy atom. The van der Waals surface area contributed by atoms with E-state index in [-0.39, 0.29) is 0 Å². The van der Waals surface area contributed by atoms with Gasteiger partial charge in [0, 0.05) is 0 Å². The van der Waals surface area contributed by atoms with Crippen LogP contribution in [-0.4, -0.2) is 19.3 Å². The second-order valence-corrected chi connectivity index (χ2v) is 2.65. The zero-order chi connectivity index (χ0) is 8.43. The summed E-state index contributed by atoms with van der Waals surface area (Å²) in [5.74, 6) is -0.431. The zero-order valence-electron chi connectivity index (χ0n) is 6.57. The van der Waals surface area contributed by atoms with Gasteiger partial charge in [-0.1, -0.05) is 0 Å². The highest BCUT2D eigenvalue weighted by Crippen LogP contribution is 2.20. The maximum Gasteiger partial charge on any atom is 0.140 e. The van der Waals surface area contributed by atoms with E-state index in [9.17, 15) is 8.78 Å². The van der Waals surface area contributed by atoms with Crippen LogP contribution in [0.3, 0.4) is 0 Å². The van der Waals surface area contributed by atoms with Crippen molar-refractivity contribution in [1.29, 1.82) is 0 Å². The number of rotatable bonds is 1. The molecule has 3 heteroatoms. The van der Waals surface area contributed by atoms with Gasteiger partial charge in [0.25, 0.3) is 0 Å². The second kappa shape index (κ2) is 3.13. The quantitative estimate of drug-likeness (QED) is 0.614. The smallest absolute Gasteiger partial charge is 0.140 e. The molecule has 0 saturated heterocycles. The first-order valence-electron chi connectivity index (χ1n) is 3.52. The Balaban J connectivity index is 2.82. The summed E-state index contributed by atoms with van der Waals surface area (Å²) in [6.07, 6.45) is 1.51. The van der Waals surface area contributed by atoms with Crippen LogP contribution in [0.4, 0.5) is 8.78 Å². The van der Waals surface area contributed by atoms with Crippen LogP contribution in [0.5, 0.6) is 0 Å². The molecule has 0 bridgehead atoms. The van der Waals surface area contributed by atoms with Crippen LogP contribution in [-0.2, 0) is 0 Å². The second-order valence-electron chi connectivity index (χ2n) is 2.65. The molecule has 11 heavy (non-hydrogen) atoms. The number of likely N-dealkylation sites (N-methyl/N-ethyl adjacent to an activating group) is 1. The number of alkyl halides is 1. The van der Waals surface area contributed by atoms with Crippen molar-refractivity contribution >= 4 is 0 Å². The molecule has 2 unspecified atom stereocenters. The Hall–Kier alpha value is -0.700. The third kappa shape index (κ3) is 1.66. The number of halogens is 2. The molecule has 1 nitrogen and oxygen atoms in total. The monoisotopic (exact) mass is 159 g/mol. The molecule has 1 aliphatic carbocycles. The third-order valence-corrected chi connectivity index (χ3v) is 1.71.